The fraction of sp³-hybridized carbons (Fsp3) is 1.00. The normalized spacial score (nSPS) is 8.40. The molecule has 0 amide bonds. The zero-order valence-corrected chi connectivity index (χ0v) is 6.90. The van der Waals surface area contributed by atoms with Crippen LogP contribution in [0, 0.1) is 0 Å². The van der Waals surface area contributed by atoms with E-state index in [2.05, 4.69) is 6.92 Å². The minimum atomic E-state index is -0.0168. The fourth-order valence-electron chi connectivity index (χ4n) is 0.0945. The Bertz CT molecular complexity index is 14.4. The van der Waals surface area contributed by atoms with Gasteiger partial charge in [-0.3, -0.25) is 0 Å². The number of alkyl halides is 1. The Hall–Kier alpha value is 1.09. The summed E-state index contributed by atoms with van der Waals surface area (Å²) in [6, 6.07) is 0. The second-order valence-corrected chi connectivity index (χ2v) is 6.74. The van der Waals surface area contributed by atoms with Gasteiger partial charge in [0.15, 0.2) is 0 Å². The molecule has 0 nitrogen and oxygen atoms in total. The summed E-state index contributed by atoms with van der Waals surface area (Å²) in [6.07, 6.45) is 0. The molecule has 5 heavy (non-hydrogen) atoms. The van der Waals surface area contributed by atoms with Crippen molar-refractivity contribution in [1.82, 2.24) is 0 Å². The second-order valence-electron chi connectivity index (χ2n) is 0.737. The van der Waals surface area contributed by atoms with Crippen molar-refractivity contribution in [3.8, 4) is 0 Å². The summed E-state index contributed by atoms with van der Waals surface area (Å²) < 4.78 is 2.37. The van der Waals surface area contributed by atoms with Crippen LogP contribution in [-0.2, 0) is 0 Å². The predicted molar refractivity (Wildman–Crippen MR) is 27.0 cm³/mol. The molecule has 0 unspecified atom stereocenters. The maximum absolute atomic E-state index is 5.38. The Morgan fingerprint density at radius 2 is 2.40 bits per heavy atom. The fourth-order valence-corrected chi connectivity index (χ4v) is 1.90. The molecule has 0 N–H and O–H groups in total. The number of halogens is 1. The third kappa shape index (κ3) is 5.09. The van der Waals surface area contributed by atoms with E-state index in [1.165, 1.54) is 4.44 Å². The average Bonchev–Trinajstić information content (AvgIpc) is 1.41. The Balaban J connectivity index is 2.19. The van der Waals surface area contributed by atoms with Crippen LogP contribution < -0.4 is 0 Å². The number of hydrogen-bond acceptors (Lipinski definition) is 0. The first-order valence-electron chi connectivity index (χ1n) is 1.68. The molecule has 0 aliphatic rings. The molecule has 0 aliphatic heterocycles. The Morgan fingerprint density at radius 1 is 1.80 bits per heavy atom. The van der Waals surface area contributed by atoms with E-state index in [9.17, 15) is 0 Å². The quantitative estimate of drug-likeness (QED) is 0.463. The molecule has 30 valence electrons. The summed E-state index contributed by atoms with van der Waals surface area (Å²) in [6.45, 7) is 2.20. The van der Waals surface area contributed by atoms with Gasteiger partial charge in [-0.1, -0.05) is 0 Å². The molecule has 0 aromatic heterocycles. The summed E-state index contributed by atoms with van der Waals surface area (Å²) in [4.78, 5) is 0. The SMILES string of the molecule is C[CH2][Sn][CH2]Cl. The van der Waals surface area contributed by atoms with Crippen molar-refractivity contribution >= 4 is 32.7 Å². The van der Waals surface area contributed by atoms with E-state index in [-0.39, 0.29) is 21.1 Å². The van der Waals surface area contributed by atoms with Crippen LogP contribution in [0.3, 0.4) is 0 Å². The van der Waals surface area contributed by atoms with Crippen molar-refractivity contribution in [1.29, 1.82) is 0 Å². The molecular weight excluding hydrogens is 190 g/mol. The van der Waals surface area contributed by atoms with Crippen molar-refractivity contribution in [2.75, 3.05) is 3.90 Å². The van der Waals surface area contributed by atoms with Crippen molar-refractivity contribution in [2.45, 2.75) is 11.4 Å². The van der Waals surface area contributed by atoms with Gasteiger partial charge in [-0.25, -0.2) is 0 Å². The zero-order chi connectivity index (χ0) is 4.12. The summed E-state index contributed by atoms with van der Waals surface area (Å²) in [5.41, 5.74) is 0. The molecule has 0 rings (SSSR count). The standard InChI is InChI=1S/C2H5.CH2Cl.Sn/c2*1-2;/h1H2,2H3;1H2;. The predicted octanol–water partition coefficient (Wildman–Crippen LogP) is 1.33. The first-order chi connectivity index (χ1) is 2.41. The molecule has 0 saturated carbocycles. The summed E-state index contributed by atoms with van der Waals surface area (Å²) in [7, 11) is 0. The van der Waals surface area contributed by atoms with Crippen LogP contribution in [0.15, 0.2) is 0 Å². The van der Waals surface area contributed by atoms with Gasteiger partial charge in [-0.15, -0.1) is 0 Å². The first-order valence-corrected chi connectivity index (χ1v) is 6.25. The molecular formula is C3H7ClSn. The molecule has 0 atom stereocenters. The van der Waals surface area contributed by atoms with Gasteiger partial charge < -0.3 is 0 Å². The van der Waals surface area contributed by atoms with E-state index in [4.69, 9.17) is 11.6 Å². The molecule has 0 spiro atoms. The second kappa shape index (κ2) is 5.09. The molecule has 2 radical (unpaired) electrons. The van der Waals surface area contributed by atoms with Crippen LogP contribution in [0.1, 0.15) is 6.92 Å². The molecule has 2 heteroatoms. The first kappa shape index (κ1) is 6.09. The van der Waals surface area contributed by atoms with Gasteiger partial charge in [0.1, 0.15) is 0 Å². The Morgan fingerprint density at radius 3 is 2.40 bits per heavy atom. The van der Waals surface area contributed by atoms with Crippen LogP contribution in [0.2, 0.25) is 4.44 Å². The van der Waals surface area contributed by atoms with Gasteiger partial charge >= 0.3 is 48.0 Å². The molecule has 0 saturated heterocycles. The summed E-state index contributed by atoms with van der Waals surface area (Å²) >= 11 is 5.36. The third-order valence-corrected chi connectivity index (χ3v) is 3.58. The molecule has 0 aromatic rings. The molecule has 0 aromatic carbocycles. The van der Waals surface area contributed by atoms with Gasteiger partial charge in [0, 0.05) is 0 Å². The Labute approximate surface area is 48.1 Å². The van der Waals surface area contributed by atoms with Crippen LogP contribution in [0.4, 0.5) is 0 Å². The maximum atomic E-state index is 5.38. The zero-order valence-electron chi connectivity index (χ0n) is 3.29. The number of hydrogen-bond donors (Lipinski definition) is 0. The Kier molecular flexibility index (Phi) is 6.20. The van der Waals surface area contributed by atoms with Gasteiger partial charge in [0.05, 0.1) is 0 Å². The van der Waals surface area contributed by atoms with Crippen molar-refractivity contribution in [3.05, 3.63) is 0 Å². The molecule has 0 heterocycles. The van der Waals surface area contributed by atoms with Crippen LogP contribution >= 0.6 is 11.6 Å². The van der Waals surface area contributed by atoms with Gasteiger partial charge in [-0.2, -0.15) is 0 Å². The molecule has 0 aliphatic carbocycles. The minimum absolute atomic E-state index is 0.0168. The van der Waals surface area contributed by atoms with E-state index in [0.717, 1.165) is 3.90 Å². The average molecular weight is 197 g/mol. The topological polar surface area (TPSA) is 0 Å². The van der Waals surface area contributed by atoms with Gasteiger partial charge in [0.25, 0.3) is 0 Å². The van der Waals surface area contributed by atoms with Crippen molar-refractivity contribution in [3.63, 3.8) is 0 Å². The molecule has 0 fully saturated rings. The van der Waals surface area contributed by atoms with E-state index >= 15 is 0 Å². The van der Waals surface area contributed by atoms with Crippen LogP contribution in [-0.4, -0.2) is 25.0 Å². The van der Waals surface area contributed by atoms with Crippen molar-refractivity contribution < 1.29 is 0 Å². The van der Waals surface area contributed by atoms with E-state index in [0.29, 0.717) is 0 Å². The van der Waals surface area contributed by atoms with Gasteiger partial charge in [-0.05, 0) is 0 Å². The molecule has 0 bridgehead atoms. The number of rotatable bonds is 2. The monoisotopic (exact) mass is 198 g/mol. The van der Waals surface area contributed by atoms with Crippen molar-refractivity contribution in [2.24, 2.45) is 0 Å². The third-order valence-electron chi connectivity index (χ3n) is 0.344. The van der Waals surface area contributed by atoms with Crippen LogP contribution in [0.25, 0.3) is 0 Å². The van der Waals surface area contributed by atoms with Crippen LogP contribution in [0.5, 0.6) is 0 Å². The summed E-state index contributed by atoms with van der Waals surface area (Å²) in [5.74, 6) is 0. The van der Waals surface area contributed by atoms with E-state index in [1.807, 2.05) is 0 Å². The van der Waals surface area contributed by atoms with Gasteiger partial charge in [0.2, 0.25) is 0 Å². The van der Waals surface area contributed by atoms with E-state index < -0.39 is 0 Å². The van der Waals surface area contributed by atoms with E-state index in [1.54, 1.807) is 0 Å². The summed E-state index contributed by atoms with van der Waals surface area (Å²) in [5, 5.41) is 0.